The van der Waals surface area contributed by atoms with Crippen molar-refractivity contribution in [2.75, 3.05) is 6.54 Å². The Morgan fingerprint density at radius 3 is 2.04 bits per heavy atom. The lowest BCUT2D eigenvalue weighted by atomic mass is 10.1. The molecule has 1 aromatic carbocycles. The zero-order chi connectivity index (χ0) is 20.1. The number of alkyl halides is 3. The van der Waals surface area contributed by atoms with Crippen LogP contribution in [-0.2, 0) is 20.8 Å². The molecule has 0 saturated heterocycles. The maximum Gasteiger partial charge on any atom is 0.471 e. The van der Waals surface area contributed by atoms with E-state index in [-0.39, 0.29) is 17.7 Å². The first-order valence-corrected chi connectivity index (χ1v) is 6.95. The van der Waals surface area contributed by atoms with Crippen molar-refractivity contribution in [3.8, 4) is 11.5 Å². The first-order chi connectivity index (χ1) is 11.9. The summed E-state index contributed by atoms with van der Waals surface area (Å²) in [5.74, 6) is -4.57. The number of nitro groups is 1. The third-order valence-corrected chi connectivity index (χ3v) is 2.79. The Bertz CT molecular complexity index is 747. The van der Waals surface area contributed by atoms with Crippen LogP contribution >= 0.6 is 0 Å². The molecule has 1 amide bonds. The molecule has 0 aliphatic carbocycles. The lowest BCUT2D eigenvalue weighted by Gasteiger charge is -2.12. The van der Waals surface area contributed by atoms with Crippen LogP contribution in [0, 0.1) is 10.1 Å². The number of hydrogen-bond acceptors (Lipinski definition) is 7. The molecular weight excluding hydrogens is 365 g/mol. The maximum absolute atomic E-state index is 12.1. The summed E-state index contributed by atoms with van der Waals surface area (Å²) in [7, 11) is 0. The summed E-state index contributed by atoms with van der Waals surface area (Å²) in [6.07, 6.45) is -5.46. The molecule has 142 valence electrons. The van der Waals surface area contributed by atoms with Gasteiger partial charge in [0.1, 0.15) is 0 Å². The summed E-state index contributed by atoms with van der Waals surface area (Å²) >= 11 is 0. The average Bonchev–Trinajstić information content (AvgIpc) is 2.47. The average molecular weight is 378 g/mol. The highest BCUT2D eigenvalue weighted by Gasteiger charge is 2.38. The van der Waals surface area contributed by atoms with Crippen LogP contribution in [0.25, 0.3) is 0 Å². The fraction of sp³-hybridized carbons (Fsp3) is 0.357. The van der Waals surface area contributed by atoms with Crippen molar-refractivity contribution in [3.63, 3.8) is 0 Å². The van der Waals surface area contributed by atoms with Crippen LogP contribution in [0.15, 0.2) is 12.1 Å². The van der Waals surface area contributed by atoms with Gasteiger partial charge in [-0.2, -0.15) is 13.2 Å². The molecule has 26 heavy (non-hydrogen) atoms. The normalized spacial score (nSPS) is 10.8. The number of nitro benzene ring substituents is 1. The van der Waals surface area contributed by atoms with Crippen LogP contribution in [0.1, 0.15) is 19.4 Å². The highest BCUT2D eigenvalue weighted by Crippen LogP contribution is 2.35. The zero-order valence-corrected chi connectivity index (χ0v) is 13.5. The van der Waals surface area contributed by atoms with Crippen molar-refractivity contribution in [3.05, 3.63) is 27.8 Å². The topological polar surface area (TPSA) is 125 Å². The largest absolute Gasteiger partial charge is 0.471 e. The third kappa shape index (κ3) is 6.03. The van der Waals surface area contributed by atoms with Crippen LogP contribution in [0.3, 0.4) is 0 Å². The number of nitrogens with zero attached hydrogens (tertiary/aromatic N) is 1. The molecule has 1 rings (SSSR count). The Kier molecular flexibility index (Phi) is 6.64. The van der Waals surface area contributed by atoms with Crippen LogP contribution in [-0.4, -0.2) is 35.5 Å². The standard InChI is InChI=1S/C14H13F3N2O7/c1-7(20)25-11-5-9(3-4-18-13(22)14(15,16)17)10(19(23)24)6-12(11)26-8(2)21/h5-6H,3-4H2,1-2H3,(H,18,22). The summed E-state index contributed by atoms with van der Waals surface area (Å²) in [6, 6.07) is 1.79. The predicted octanol–water partition coefficient (Wildman–Crippen LogP) is 1.67. The minimum atomic E-state index is -5.09. The van der Waals surface area contributed by atoms with E-state index in [2.05, 4.69) is 0 Å². The number of amides is 1. The van der Waals surface area contributed by atoms with E-state index in [4.69, 9.17) is 9.47 Å². The summed E-state index contributed by atoms with van der Waals surface area (Å²) in [5, 5.41) is 12.7. The molecule has 0 fully saturated rings. The van der Waals surface area contributed by atoms with Crippen molar-refractivity contribution in [1.29, 1.82) is 0 Å². The Labute approximate surface area is 144 Å². The van der Waals surface area contributed by atoms with E-state index in [1.54, 1.807) is 5.32 Å². The predicted molar refractivity (Wildman–Crippen MR) is 78.5 cm³/mol. The van der Waals surface area contributed by atoms with Gasteiger partial charge in [0.2, 0.25) is 0 Å². The second kappa shape index (κ2) is 8.27. The fourth-order valence-electron chi connectivity index (χ4n) is 1.84. The van der Waals surface area contributed by atoms with Crippen LogP contribution in [0.2, 0.25) is 0 Å². The minimum Gasteiger partial charge on any atom is -0.423 e. The van der Waals surface area contributed by atoms with E-state index in [1.807, 2.05) is 0 Å². The van der Waals surface area contributed by atoms with E-state index in [0.29, 0.717) is 0 Å². The van der Waals surface area contributed by atoms with Gasteiger partial charge in [0.05, 0.1) is 11.0 Å². The molecule has 1 N–H and O–H groups in total. The highest BCUT2D eigenvalue weighted by atomic mass is 19.4. The molecule has 0 atom stereocenters. The highest BCUT2D eigenvalue weighted by molar-refractivity contribution is 5.81. The summed E-state index contributed by atoms with van der Waals surface area (Å²) in [5.41, 5.74) is -0.719. The van der Waals surface area contributed by atoms with Gasteiger partial charge in [0, 0.05) is 26.0 Å². The van der Waals surface area contributed by atoms with Gasteiger partial charge in [0.25, 0.3) is 5.69 Å². The van der Waals surface area contributed by atoms with Crippen LogP contribution < -0.4 is 14.8 Å². The first-order valence-electron chi connectivity index (χ1n) is 6.95. The van der Waals surface area contributed by atoms with Gasteiger partial charge in [-0.1, -0.05) is 0 Å². The molecule has 0 heterocycles. The second-order valence-corrected chi connectivity index (χ2v) is 4.88. The quantitative estimate of drug-likeness (QED) is 0.345. The number of hydrogen-bond donors (Lipinski definition) is 1. The molecule has 12 heteroatoms. The Balaban J connectivity index is 3.15. The molecule has 0 aliphatic heterocycles. The number of carbonyl (C=O) groups excluding carboxylic acids is 3. The van der Waals surface area contributed by atoms with Gasteiger partial charge in [-0.3, -0.25) is 24.5 Å². The first kappa shape index (κ1) is 20.9. The van der Waals surface area contributed by atoms with E-state index < -0.39 is 46.9 Å². The molecule has 0 unspecified atom stereocenters. The lowest BCUT2D eigenvalue weighted by molar-refractivity contribution is -0.385. The van der Waals surface area contributed by atoms with Gasteiger partial charge >= 0.3 is 24.0 Å². The van der Waals surface area contributed by atoms with E-state index >= 15 is 0 Å². The Hall–Kier alpha value is -3.18. The molecule has 9 nitrogen and oxygen atoms in total. The molecule has 0 spiro atoms. The zero-order valence-electron chi connectivity index (χ0n) is 13.5. The number of halogens is 3. The van der Waals surface area contributed by atoms with Crippen molar-refractivity contribution >= 4 is 23.5 Å². The van der Waals surface area contributed by atoms with Crippen LogP contribution in [0.4, 0.5) is 18.9 Å². The SMILES string of the molecule is CC(=O)Oc1cc(CCNC(=O)C(F)(F)F)c([N+](=O)[O-])cc1OC(C)=O. The third-order valence-electron chi connectivity index (χ3n) is 2.79. The lowest BCUT2D eigenvalue weighted by Crippen LogP contribution is -2.37. The van der Waals surface area contributed by atoms with Crippen molar-refractivity contribution < 1.29 is 42.0 Å². The van der Waals surface area contributed by atoms with Crippen LogP contribution in [0.5, 0.6) is 11.5 Å². The van der Waals surface area contributed by atoms with Crippen molar-refractivity contribution in [1.82, 2.24) is 5.32 Å². The van der Waals surface area contributed by atoms with Gasteiger partial charge in [-0.15, -0.1) is 0 Å². The Morgan fingerprint density at radius 2 is 1.62 bits per heavy atom. The van der Waals surface area contributed by atoms with Gasteiger partial charge < -0.3 is 14.8 Å². The molecule has 0 aromatic heterocycles. The van der Waals surface area contributed by atoms with E-state index in [9.17, 15) is 37.7 Å². The maximum atomic E-state index is 12.1. The number of rotatable bonds is 6. The summed E-state index contributed by atoms with van der Waals surface area (Å²) in [6.45, 7) is 1.48. The number of ether oxygens (including phenoxy) is 2. The minimum absolute atomic E-state index is 0.135. The van der Waals surface area contributed by atoms with E-state index in [0.717, 1.165) is 26.0 Å². The van der Waals surface area contributed by atoms with Crippen molar-refractivity contribution in [2.24, 2.45) is 0 Å². The van der Waals surface area contributed by atoms with Gasteiger partial charge in [-0.25, -0.2) is 0 Å². The molecule has 0 aliphatic rings. The molecular formula is C14H13F3N2O7. The number of benzene rings is 1. The number of esters is 2. The molecule has 0 bridgehead atoms. The Morgan fingerprint density at radius 1 is 1.12 bits per heavy atom. The second-order valence-electron chi connectivity index (χ2n) is 4.88. The number of nitrogens with one attached hydrogen (secondary N) is 1. The molecule has 0 saturated carbocycles. The summed E-state index contributed by atoms with van der Waals surface area (Å²) < 4.78 is 46.0. The molecule has 1 aromatic rings. The smallest absolute Gasteiger partial charge is 0.423 e. The van der Waals surface area contributed by atoms with Gasteiger partial charge in [-0.05, 0) is 12.5 Å². The fourth-order valence-corrected chi connectivity index (χ4v) is 1.84. The van der Waals surface area contributed by atoms with Gasteiger partial charge in [0.15, 0.2) is 11.5 Å². The molecule has 0 radical (unpaired) electrons. The summed E-state index contributed by atoms with van der Waals surface area (Å²) in [4.78, 5) is 43.2. The number of carbonyl (C=O) groups is 3. The monoisotopic (exact) mass is 378 g/mol. The van der Waals surface area contributed by atoms with Crippen molar-refractivity contribution in [2.45, 2.75) is 26.4 Å². The van der Waals surface area contributed by atoms with E-state index in [1.165, 1.54) is 0 Å².